The van der Waals surface area contributed by atoms with Crippen molar-refractivity contribution in [1.29, 1.82) is 0 Å². The number of nitrogens with two attached hydrogens (primary N) is 1. The number of rotatable bonds is 3. The van der Waals surface area contributed by atoms with Crippen molar-refractivity contribution in [3.8, 4) is 0 Å². The zero-order valence-electron chi connectivity index (χ0n) is 7.24. The van der Waals surface area contributed by atoms with Gasteiger partial charge in [0.1, 0.15) is 16.4 Å². The highest BCUT2D eigenvalue weighted by Gasteiger charge is 2.25. The number of hydrogen-bond donors (Lipinski definition) is 2. The summed E-state index contributed by atoms with van der Waals surface area (Å²) >= 11 is 1.23. The van der Waals surface area contributed by atoms with Crippen LogP contribution in [-0.4, -0.2) is 21.0 Å². The largest absolute Gasteiger partial charge is 0.383 e. The summed E-state index contributed by atoms with van der Waals surface area (Å²) < 4.78 is 3.99. The van der Waals surface area contributed by atoms with Gasteiger partial charge in [-0.25, -0.2) is 4.98 Å². The standard InChI is InChI=1S/C7H13N3OS/c1-5-9-6(12-10-5)7(2,11)3-4-8/h11H,3-4,8H2,1-2H3. The summed E-state index contributed by atoms with van der Waals surface area (Å²) in [6.07, 6.45) is 0.516. The Labute approximate surface area is 75.6 Å². The highest BCUT2D eigenvalue weighted by Crippen LogP contribution is 2.24. The molecule has 0 saturated carbocycles. The lowest BCUT2D eigenvalue weighted by molar-refractivity contribution is 0.0500. The molecule has 0 radical (unpaired) electrons. The van der Waals surface area contributed by atoms with E-state index in [4.69, 9.17) is 5.73 Å². The fourth-order valence-electron chi connectivity index (χ4n) is 0.904. The molecule has 0 aliphatic heterocycles. The van der Waals surface area contributed by atoms with Crippen molar-refractivity contribution >= 4 is 11.5 Å². The maximum atomic E-state index is 9.83. The van der Waals surface area contributed by atoms with E-state index in [1.807, 2.05) is 0 Å². The van der Waals surface area contributed by atoms with Crippen LogP contribution in [0.2, 0.25) is 0 Å². The topological polar surface area (TPSA) is 72.0 Å². The van der Waals surface area contributed by atoms with E-state index in [-0.39, 0.29) is 0 Å². The molecule has 0 fully saturated rings. The van der Waals surface area contributed by atoms with Gasteiger partial charge in [0.15, 0.2) is 0 Å². The fraction of sp³-hybridized carbons (Fsp3) is 0.714. The molecular formula is C7H13N3OS. The lowest BCUT2D eigenvalue weighted by Gasteiger charge is -2.18. The van der Waals surface area contributed by atoms with Crippen LogP contribution in [0.5, 0.6) is 0 Å². The van der Waals surface area contributed by atoms with Gasteiger partial charge in [0.25, 0.3) is 0 Å². The van der Waals surface area contributed by atoms with E-state index in [0.29, 0.717) is 23.8 Å². The van der Waals surface area contributed by atoms with Crippen molar-refractivity contribution < 1.29 is 5.11 Å². The van der Waals surface area contributed by atoms with Crippen molar-refractivity contribution in [3.63, 3.8) is 0 Å². The Balaban J connectivity index is 2.81. The molecular weight excluding hydrogens is 174 g/mol. The predicted octanol–water partition coefficient (Wildman–Crippen LogP) is 0.403. The second-order valence-corrected chi connectivity index (χ2v) is 3.71. The van der Waals surface area contributed by atoms with Crippen molar-refractivity contribution in [2.75, 3.05) is 6.54 Å². The second-order valence-electron chi connectivity index (χ2n) is 2.96. The Morgan fingerprint density at radius 2 is 2.33 bits per heavy atom. The molecule has 0 aromatic carbocycles. The Morgan fingerprint density at radius 3 is 2.75 bits per heavy atom. The summed E-state index contributed by atoms with van der Waals surface area (Å²) in [6.45, 7) is 3.96. The Morgan fingerprint density at radius 1 is 1.67 bits per heavy atom. The number of hydrogen-bond acceptors (Lipinski definition) is 5. The second kappa shape index (κ2) is 3.47. The summed E-state index contributed by atoms with van der Waals surface area (Å²) in [5, 5.41) is 10.5. The van der Waals surface area contributed by atoms with E-state index >= 15 is 0 Å². The lowest BCUT2D eigenvalue weighted by atomic mass is 10.0. The van der Waals surface area contributed by atoms with E-state index in [1.54, 1.807) is 13.8 Å². The van der Waals surface area contributed by atoms with Crippen LogP contribution >= 0.6 is 11.5 Å². The monoisotopic (exact) mass is 187 g/mol. The first-order valence-electron chi connectivity index (χ1n) is 3.79. The first-order chi connectivity index (χ1) is 5.56. The summed E-state index contributed by atoms with van der Waals surface area (Å²) in [4.78, 5) is 4.10. The van der Waals surface area contributed by atoms with Gasteiger partial charge < -0.3 is 10.8 Å². The summed E-state index contributed by atoms with van der Waals surface area (Å²) in [5.41, 5.74) is 4.44. The third kappa shape index (κ3) is 2.00. The predicted molar refractivity (Wildman–Crippen MR) is 47.9 cm³/mol. The normalized spacial score (nSPS) is 16.0. The van der Waals surface area contributed by atoms with Gasteiger partial charge in [0, 0.05) is 0 Å². The third-order valence-electron chi connectivity index (χ3n) is 1.62. The average Bonchev–Trinajstić information content (AvgIpc) is 2.36. The maximum absolute atomic E-state index is 9.83. The van der Waals surface area contributed by atoms with Crippen LogP contribution in [0.4, 0.5) is 0 Å². The minimum atomic E-state index is -0.916. The number of aromatic nitrogens is 2. The van der Waals surface area contributed by atoms with Crippen molar-refractivity contribution in [3.05, 3.63) is 10.8 Å². The molecule has 3 N–H and O–H groups in total. The van der Waals surface area contributed by atoms with Gasteiger partial charge in [0.05, 0.1) is 0 Å². The quantitative estimate of drug-likeness (QED) is 0.718. The summed E-state index contributed by atoms with van der Waals surface area (Å²) in [5.74, 6) is 0.701. The van der Waals surface area contributed by atoms with Crippen LogP contribution in [-0.2, 0) is 5.60 Å². The molecule has 0 amide bonds. The maximum Gasteiger partial charge on any atom is 0.145 e. The van der Waals surface area contributed by atoms with Gasteiger partial charge in [-0.05, 0) is 38.3 Å². The molecule has 0 spiro atoms. The molecule has 0 bridgehead atoms. The number of aryl methyl sites for hydroxylation is 1. The zero-order chi connectivity index (χ0) is 9.19. The van der Waals surface area contributed by atoms with Crippen LogP contribution < -0.4 is 5.73 Å². The molecule has 0 aliphatic rings. The molecule has 1 aromatic rings. The van der Waals surface area contributed by atoms with E-state index in [1.165, 1.54) is 11.5 Å². The smallest absolute Gasteiger partial charge is 0.145 e. The molecule has 12 heavy (non-hydrogen) atoms. The Kier molecular flexibility index (Phi) is 2.76. The summed E-state index contributed by atoms with van der Waals surface area (Å²) in [6, 6.07) is 0. The van der Waals surface area contributed by atoms with Gasteiger partial charge in [-0.15, -0.1) is 0 Å². The van der Waals surface area contributed by atoms with Crippen LogP contribution in [0.1, 0.15) is 24.2 Å². The molecule has 1 heterocycles. The molecule has 1 unspecified atom stereocenters. The molecule has 1 atom stereocenters. The fourth-order valence-corrected chi connectivity index (χ4v) is 1.63. The SMILES string of the molecule is Cc1nsc(C(C)(O)CCN)n1. The van der Waals surface area contributed by atoms with Gasteiger partial charge in [-0.3, -0.25) is 0 Å². The molecule has 5 heteroatoms. The average molecular weight is 187 g/mol. The van der Waals surface area contributed by atoms with Crippen LogP contribution in [0.25, 0.3) is 0 Å². The van der Waals surface area contributed by atoms with E-state index in [2.05, 4.69) is 9.36 Å². The van der Waals surface area contributed by atoms with Crippen molar-refractivity contribution in [2.45, 2.75) is 25.9 Å². The number of aliphatic hydroxyl groups is 1. The van der Waals surface area contributed by atoms with Gasteiger partial charge in [0.2, 0.25) is 0 Å². The molecule has 4 nitrogen and oxygen atoms in total. The first kappa shape index (κ1) is 9.57. The molecule has 0 saturated heterocycles. The minimum Gasteiger partial charge on any atom is -0.383 e. The van der Waals surface area contributed by atoms with Gasteiger partial charge >= 0.3 is 0 Å². The third-order valence-corrected chi connectivity index (χ3v) is 2.68. The minimum absolute atomic E-state index is 0.450. The van der Waals surface area contributed by atoms with Crippen molar-refractivity contribution in [1.82, 2.24) is 9.36 Å². The van der Waals surface area contributed by atoms with Gasteiger partial charge in [-0.2, -0.15) is 4.37 Å². The van der Waals surface area contributed by atoms with E-state index in [9.17, 15) is 5.11 Å². The van der Waals surface area contributed by atoms with Crippen LogP contribution in [0.15, 0.2) is 0 Å². The van der Waals surface area contributed by atoms with Crippen LogP contribution in [0, 0.1) is 6.92 Å². The molecule has 68 valence electrons. The Hall–Kier alpha value is -0.520. The highest BCUT2D eigenvalue weighted by atomic mass is 32.1. The zero-order valence-corrected chi connectivity index (χ0v) is 8.06. The summed E-state index contributed by atoms with van der Waals surface area (Å²) in [7, 11) is 0. The van der Waals surface area contributed by atoms with Crippen molar-refractivity contribution in [2.24, 2.45) is 5.73 Å². The van der Waals surface area contributed by atoms with Gasteiger partial charge in [-0.1, -0.05) is 0 Å². The van der Waals surface area contributed by atoms with Crippen LogP contribution in [0.3, 0.4) is 0 Å². The highest BCUT2D eigenvalue weighted by molar-refractivity contribution is 7.05. The number of nitrogens with zero attached hydrogens (tertiary/aromatic N) is 2. The molecule has 1 rings (SSSR count). The van der Waals surface area contributed by atoms with E-state index in [0.717, 1.165) is 0 Å². The Bertz CT molecular complexity index is 259. The molecule has 0 aliphatic carbocycles. The molecule has 1 aromatic heterocycles. The van der Waals surface area contributed by atoms with E-state index < -0.39 is 5.60 Å². The first-order valence-corrected chi connectivity index (χ1v) is 4.57. The lowest BCUT2D eigenvalue weighted by Crippen LogP contribution is -2.24.